The zero-order chi connectivity index (χ0) is 35.4. The van der Waals surface area contributed by atoms with Gasteiger partial charge in [-0.1, -0.05) is 127 Å². The second-order valence-corrected chi connectivity index (χ2v) is 13.9. The van der Waals surface area contributed by atoms with Crippen molar-refractivity contribution >= 4 is 19.8 Å². The summed E-state index contributed by atoms with van der Waals surface area (Å²) in [5.74, 6) is -0.853. The maximum Gasteiger partial charge on any atom is 0.472 e. The minimum absolute atomic E-state index is 0.0239. The first-order chi connectivity index (χ1) is 23.3. The molecule has 280 valence electrons. The van der Waals surface area contributed by atoms with Crippen molar-refractivity contribution in [3.05, 3.63) is 36.5 Å². The van der Waals surface area contributed by atoms with E-state index in [1.54, 1.807) is 7.05 Å². The van der Waals surface area contributed by atoms with Gasteiger partial charge >= 0.3 is 19.8 Å². The van der Waals surface area contributed by atoms with Crippen LogP contribution in [0.3, 0.4) is 0 Å². The third kappa shape index (κ3) is 34.1. The Kier molecular flexibility index (Phi) is 33.8. The Morgan fingerprint density at radius 1 is 0.646 bits per heavy atom. The molecule has 0 aliphatic rings. The van der Waals surface area contributed by atoms with E-state index in [1.807, 2.05) is 0 Å². The number of carbonyl (C=O) groups is 2. The number of unbranched alkanes of at least 4 members (excludes halogenated alkanes) is 15. The van der Waals surface area contributed by atoms with Crippen LogP contribution in [-0.4, -0.2) is 56.3 Å². The van der Waals surface area contributed by atoms with Crippen LogP contribution < -0.4 is 5.32 Å². The Hall–Kier alpha value is -1.77. The van der Waals surface area contributed by atoms with Gasteiger partial charge in [0.2, 0.25) is 0 Å². The Balaban J connectivity index is 4.38. The largest absolute Gasteiger partial charge is 0.472 e. The first kappa shape index (κ1) is 46.2. The molecule has 10 heteroatoms. The van der Waals surface area contributed by atoms with E-state index in [2.05, 4.69) is 55.6 Å². The van der Waals surface area contributed by atoms with Gasteiger partial charge in [0.1, 0.15) is 6.61 Å². The molecule has 0 aliphatic heterocycles. The Morgan fingerprint density at radius 3 is 1.71 bits per heavy atom. The molecule has 0 radical (unpaired) electrons. The van der Waals surface area contributed by atoms with Crippen molar-refractivity contribution in [3.63, 3.8) is 0 Å². The van der Waals surface area contributed by atoms with Gasteiger partial charge < -0.3 is 19.7 Å². The van der Waals surface area contributed by atoms with E-state index in [0.717, 1.165) is 51.4 Å². The Labute approximate surface area is 293 Å². The Bertz CT molecular complexity index is 892. The van der Waals surface area contributed by atoms with Crippen molar-refractivity contribution in [3.8, 4) is 0 Å². The number of rotatable bonds is 35. The number of esters is 2. The predicted molar refractivity (Wildman–Crippen MR) is 197 cm³/mol. The summed E-state index contributed by atoms with van der Waals surface area (Å²) in [6, 6.07) is 0. The van der Waals surface area contributed by atoms with Crippen molar-refractivity contribution in [2.45, 2.75) is 161 Å². The van der Waals surface area contributed by atoms with E-state index >= 15 is 0 Å². The molecule has 0 aromatic heterocycles. The monoisotopic (exact) mass is 699 g/mol. The van der Waals surface area contributed by atoms with Gasteiger partial charge in [-0.15, -0.1) is 0 Å². The zero-order valence-corrected chi connectivity index (χ0v) is 31.6. The molecule has 48 heavy (non-hydrogen) atoms. The molecule has 0 spiro atoms. The minimum Gasteiger partial charge on any atom is -0.462 e. The van der Waals surface area contributed by atoms with Gasteiger partial charge in [-0.2, -0.15) is 0 Å². The maximum atomic E-state index is 12.5. The van der Waals surface area contributed by atoms with Gasteiger partial charge in [0.15, 0.2) is 6.10 Å². The van der Waals surface area contributed by atoms with Crippen LogP contribution in [0, 0.1) is 0 Å². The van der Waals surface area contributed by atoms with Crippen LogP contribution in [0.2, 0.25) is 0 Å². The Morgan fingerprint density at radius 2 is 1.12 bits per heavy atom. The highest BCUT2D eigenvalue weighted by atomic mass is 31.2. The number of hydrogen-bond acceptors (Lipinski definition) is 8. The SMILES string of the molecule is CCCCC/C=C\C/C=C\C/C=C\CCCCC(=O)OC(COC(=O)CCCCCCCCCCCCC)COP(=O)(O)OCCNC. The number of phosphoric ester groups is 1. The smallest absolute Gasteiger partial charge is 0.462 e. The van der Waals surface area contributed by atoms with E-state index in [0.29, 0.717) is 13.0 Å². The predicted octanol–water partition coefficient (Wildman–Crippen LogP) is 10.1. The van der Waals surface area contributed by atoms with Gasteiger partial charge in [0.05, 0.1) is 13.2 Å². The quantitative estimate of drug-likeness (QED) is 0.0288. The normalized spacial score (nSPS) is 13.8. The molecule has 0 aromatic carbocycles. The summed E-state index contributed by atoms with van der Waals surface area (Å²) in [4.78, 5) is 34.8. The first-order valence-corrected chi connectivity index (χ1v) is 20.4. The van der Waals surface area contributed by atoms with E-state index in [1.165, 1.54) is 70.6 Å². The van der Waals surface area contributed by atoms with Crippen LogP contribution in [0.15, 0.2) is 36.5 Å². The summed E-state index contributed by atoms with van der Waals surface area (Å²) in [7, 11) is -2.66. The summed E-state index contributed by atoms with van der Waals surface area (Å²) in [5, 5.41) is 2.81. The summed E-state index contributed by atoms with van der Waals surface area (Å²) < 4.78 is 33.0. The lowest BCUT2D eigenvalue weighted by Crippen LogP contribution is -2.29. The van der Waals surface area contributed by atoms with Crippen molar-refractivity contribution in [2.24, 2.45) is 0 Å². The average molecular weight is 700 g/mol. The van der Waals surface area contributed by atoms with Crippen LogP contribution >= 0.6 is 7.82 Å². The second-order valence-electron chi connectivity index (χ2n) is 12.4. The minimum atomic E-state index is -4.35. The standard InChI is InChI=1S/C38H70NO8P/c1-4-6-8-10-12-14-16-17-18-19-21-23-25-27-29-31-38(41)47-36(35-46-48(42,43)45-33-32-39-3)34-44-37(40)30-28-26-24-22-20-15-13-11-9-7-5-2/h12,14,17-18,21,23,36,39H,4-11,13,15-16,19-20,22,24-35H2,1-3H3,(H,42,43)/b14-12-,18-17-,23-21-. The summed E-state index contributed by atoms with van der Waals surface area (Å²) in [6.45, 7) is 4.12. The number of carbonyl (C=O) groups excluding carboxylic acids is 2. The number of allylic oxidation sites excluding steroid dienone is 6. The molecule has 0 saturated heterocycles. The molecule has 0 amide bonds. The molecular formula is C38H70NO8P. The molecule has 0 saturated carbocycles. The highest BCUT2D eigenvalue weighted by molar-refractivity contribution is 7.47. The van der Waals surface area contributed by atoms with Crippen molar-refractivity contribution in [1.82, 2.24) is 5.32 Å². The number of likely N-dealkylation sites (N-methyl/N-ethyl adjacent to an activating group) is 1. The first-order valence-electron chi connectivity index (χ1n) is 18.9. The van der Waals surface area contributed by atoms with Gasteiger partial charge in [-0.05, 0) is 58.4 Å². The number of hydrogen-bond donors (Lipinski definition) is 2. The van der Waals surface area contributed by atoms with Gasteiger partial charge in [0.25, 0.3) is 0 Å². The fourth-order valence-electron chi connectivity index (χ4n) is 4.85. The third-order valence-corrected chi connectivity index (χ3v) is 8.75. The number of phosphoric acid groups is 1. The van der Waals surface area contributed by atoms with Crippen LogP contribution in [0.1, 0.15) is 155 Å². The zero-order valence-electron chi connectivity index (χ0n) is 30.7. The lowest BCUT2D eigenvalue weighted by molar-refractivity contribution is -0.161. The fraction of sp³-hybridized carbons (Fsp3) is 0.789. The molecule has 0 aliphatic carbocycles. The third-order valence-electron chi connectivity index (χ3n) is 7.76. The van der Waals surface area contributed by atoms with E-state index in [9.17, 15) is 19.0 Å². The van der Waals surface area contributed by atoms with Crippen LogP contribution in [0.4, 0.5) is 0 Å². The highest BCUT2D eigenvalue weighted by Crippen LogP contribution is 2.43. The van der Waals surface area contributed by atoms with Gasteiger partial charge in [0, 0.05) is 19.4 Å². The maximum absolute atomic E-state index is 12.5. The topological polar surface area (TPSA) is 120 Å². The molecule has 2 unspecified atom stereocenters. The molecule has 9 nitrogen and oxygen atoms in total. The van der Waals surface area contributed by atoms with E-state index < -0.39 is 26.5 Å². The molecule has 2 atom stereocenters. The molecule has 0 fully saturated rings. The van der Waals surface area contributed by atoms with Crippen molar-refractivity contribution in [2.75, 3.05) is 33.4 Å². The average Bonchev–Trinajstić information content (AvgIpc) is 3.06. The number of nitrogens with one attached hydrogen (secondary N) is 1. The van der Waals surface area contributed by atoms with Crippen LogP contribution in [0.25, 0.3) is 0 Å². The lowest BCUT2D eigenvalue weighted by atomic mass is 10.1. The molecule has 0 bridgehead atoms. The summed E-state index contributed by atoms with van der Waals surface area (Å²) in [5.41, 5.74) is 0. The summed E-state index contributed by atoms with van der Waals surface area (Å²) >= 11 is 0. The number of ether oxygens (including phenoxy) is 2. The fourth-order valence-corrected chi connectivity index (χ4v) is 5.60. The summed E-state index contributed by atoms with van der Waals surface area (Å²) in [6.07, 6.45) is 34.8. The van der Waals surface area contributed by atoms with E-state index in [-0.39, 0.29) is 32.0 Å². The highest BCUT2D eigenvalue weighted by Gasteiger charge is 2.26. The van der Waals surface area contributed by atoms with Gasteiger partial charge in [-0.3, -0.25) is 18.6 Å². The molecular weight excluding hydrogens is 629 g/mol. The van der Waals surface area contributed by atoms with Crippen LogP contribution in [0.5, 0.6) is 0 Å². The van der Waals surface area contributed by atoms with Crippen LogP contribution in [-0.2, 0) is 32.7 Å². The molecule has 0 rings (SSSR count). The van der Waals surface area contributed by atoms with Gasteiger partial charge in [-0.25, -0.2) is 4.57 Å². The molecule has 2 N–H and O–H groups in total. The van der Waals surface area contributed by atoms with E-state index in [4.69, 9.17) is 18.5 Å². The van der Waals surface area contributed by atoms with Crippen molar-refractivity contribution < 1.29 is 37.6 Å². The second kappa shape index (κ2) is 35.1. The van der Waals surface area contributed by atoms with Crippen molar-refractivity contribution in [1.29, 1.82) is 0 Å². The molecule has 0 aromatic rings. The molecule has 0 heterocycles. The lowest BCUT2D eigenvalue weighted by Gasteiger charge is -2.20.